The van der Waals surface area contributed by atoms with Gasteiger partial charge in [-0.25, -0.2) is 0 Å². The second kappa shape index (κ2) is 7.88. The molecule has 0 bridgehead atoms. The van der Waals surface area contributed by atoms with Crippen molar-refractivity contribution in [1.82, 2.24) is 0 Å². The van der Waals surface area contributed by atoms with Gasteiger partial charge in [0.25, 0.3) is 0 Å². The lowest BCUT2D eigenvalue weighted by Gasteiger charge is -2.53. The van der Waals surface area contributed by atoms with E-state index >= 15 is 0 Å². The molecule has 4 nitrogen and oxygen atoms in total. The van der Waals surface area contributed by atoms with Crippen LogP contribution < -0.4 is 0 Å². The lowest BCUT2D eigenvalue weighted by atomic mass is 9.54. The second-order valence-corrected chi connectivity index (χ2v) is 12.7. The molecule has 0 amide bonds. The number of hydrogen-bond acceptors (Lipinski definition) is 4. The van der Waals surface area contributed by atoms with E-state index in [1.807, 2.05) is 41.5 Å². The zero-order valence-corrected chi connectivity index (χ0v) is 20.9. The van der Waals surface area contributed by atoms with Crippen LogP contribution in [-0.2, 0) is 25.5 Å². The third-order valence-corrected chi connectivity index (χ3v) is 8.24. The molecule has 32 heavy (non-hydrogen) atoms. The average Bonchev–Trinajstić information content (AvgIpc) is 3.02. The van der Waals surface area contributed by atoms with Crippen molar-refractivity contribution in [3.05, 3.63) is 35.4 Å². The van der Waals surface area contributed by atoms with E-state index in [9.17, 15) is 9.59 Å². The molecule has 1 aromatic carbocycles. The second-order valence-electron chi connectivity index (χ2n) is 12.7. The molecule has 0 spiro atoms. The van der Waals surface area contributed by atoms with Crippen LogP contribution >= 0.6 is 0 Å². The van der Waals surface area contributed by atoms with Gasteiger partial charge >= 0.3 is 11.9 Å². The number of carbonyl (C=O) groups is 2. The Kier molecular flexibility index (Phi) is 5.75. The van der Waals surface area contributed by atoms with Crippen molar-refractivity contribution >= 4 is 11.9 Å². The van der Waals surface area contributed by atoms with Crippen LogP contribution in [0.5, 0.6) is 0 Å². The van der Waals surface area contributed by atoms with Crippen LogP contribution in [0.1, 0.15) is 91.2 Å². The molecule has 4 heteroatoms. The van der Waals surface area contributed by atoms with E-state index in [0.29, 0.717) is 11.8 Å². The molecule has 0 unspecified atom stereocenters. The van der Waals surface area contributed by atoms with Crippen LogP contribution in [0.15, 0.2) is 24.3 Å². The highest BCUT2D eigenvalue weighted by atomic mass is 16.6. The van der Waals surface area contributed by atoms with Crippen LogP contribution in [0, 0.1) is 28.1 Å². The first-order valence-corrected chi connectivity index (χ1v) is 12.3. The highest BCUT2D eigenvalue weighted by Gasteiger charge is 2.60. The quantitative estimate of drug-likeness (QED) is 0.524. The van der Waals surface area contributed by atoms with Crippen molar-refractivity contribution < 1.29 is 19.1 Å². The van der Waals surface area contributed by atoms with Crippen molar-refractivity contribution in [3.8, 4) is 0 Å². The van der Waals surface area contributed by atoms with Crippen molar-refractivity contribution in [2.75, 3.05) is 0 Å². The normalized spacial score (nSPS) is 34.2. The van der Waals surface area contributed by atoms with Crippen LogP contribution in [0.3, 0.4) is 0 Å². The number of hydrogen-bond donors (Lipinski definition) is 0. The lowest BCUT2D eigenvalue weighted by molar-refractivity contribution is -0.180. The first-order valence-electron chi connectivity index (χ1n) is 12.3. The molecule has 1 aromatic rings. The summed E-state index contributed by atoms with van der Waals surface area (Å²) < 4.78 is 12.4. The Balaban J connectivity index is 1.70. The fourth-order valence-electron chi connectivity index (χ4n) is 6.45. The Morgan fingerprint density at radius 1 is 0.906 bits per heavy atom. The molecule has 0 aliphatic heterocycles. The minimum absolute atomic E-state index is 0.117. The number of fused-ring (bicyclic) bond motifs is 5. The van der Waals surface area contributed by atoms with Crippen molar-refractivity contribution in [3.63, 3.8) is 0 Å². The van der Waals surface area contributed by atoms with E-state index in [2.05, 4.69) is 31.2 Å². The largest absolute Gasteiger partial charge is 0.461 e. The Morgan fingerprint density at radius 3 is 2.19 bits per heavy atom. The molecule has 2 saturated carbocycles. The minimum atomic E-state index is -0.546. The molecule has 3 aliphatic rings. The molecule has 6 atom stereocenters. The number of rotatable bonds is 2. The zero-order chi connectivity index (χ0) is 23.5. The summed E-state index contributed by atoms with van der Waals surface area (Å²) in [7, 11) is 0. The van der Waals surface area contributed by atoms with Gasteiger partial charge in [-0.15, -0.1) is 0 Å². The van der Waals surface area contributed by atoms with E-state index in [1.165, 1.54) is 11.1 Å². The third kappa shape index (κ3) is 3.99. The van der Waals surface area contributed by atoms with Crippen LogP contribution in [0.4, 0.5) is 0 Å². The first kappa shape index (κ1) is 23.3. The van der Waals surface area contributed by atoms with Crippen LogP contribution in [-0.4, -0.2) is 24.1 Å². The molecule has 0 N–H and O–H groups in total. The maximum absolute atomic E-state index is 13.0. The summed E-state index contributed by atoms with van der Waals surface area (Å²) in [6.07, 6.45) is 4.57. The molecule has 2 fully saturated rings. The lowest BCUT2D eigenvalue weighted by Crippen LogP contribution is -2.52. The van der Waals surface area contributed by atoms with Gasteiger partial charge in [-0.05, 0) is 96.6 Å². The number of aryl methyl sites for hydroxylation is 1. The number of benzene rings is 1. The monoisotopic (exact) mass is 440 g/mol. The summed E-state index contributed by atoms with van der Waals surface area (Å²) in [6.45, 7) is 13.8. The number of esters is 2. The summed E-state index contributed by atoms with van der Waals surface area (Å²) >= 11 is 0. The van der Waals surface area contributed by atoms with E-state index in [1.54, 1.807) is 0 Å². The van der Waals surface area contributed by atoms with Gasteiger partial charge in [-0.3, -0.25) is 9.59 Å². The molecular weight excluding hydrogens is 400 g/mol. The Hall–Kier alpha value is -1.84. The summed E-state index contributed by atoms with van der Waals surface area (Å²) in [4.78, 5) is 25.8. The molecule has 4 rings (SSSR count). The average molecular weight is 441 g/mol. The van der Waals surface area contributed by atoms with E-state index in [-0.39, 0.29) is 35.5 Å². The molecule has 3 aliphatic carbocycles. The number of carbonyl (C=O) groups excluding carboxylic acids is 2. The van der Waals surface area contributed by atoms with E-state index in [4.69, 9.17) is 9.47 Å². The van der Waals surface area contributed by atoms with Crippen molar-refractivity contribution in [2.24, 2.45) is 28.1 Å². The zero-order valence-electron chi connectivity index (χ0n) is 20.9. The van der Waals surface area contributed by atoms with Gasteiger partial charge < -0.3 is 9.47 Å². The van der Waals surface area contributed by atoms with Gasteiger partial charge in [0, 0.05) is 11.3 Å². The summed E-state index contributed by atoms with van der Waals surface area (Å²) in [6, 6.07) is 8.68. The SMILES string of the molecule is CC(C)(C)C(=O)O[C@H]1CC[C@H]2[C@@H]3CCc4ccccc4[C@H]3[C@H](OC(=O)C(C)(C)C)C[C@]12C. The summed E-state index contributed by atoms with van der Waals surface area (Å²) in [5.41, 5.74) is 1.51. The molecule has 0 aromatic heterocycles. The fraction of sp³-hybridized carbons (Fsp3) is 0.714. The van der Waals surface area contributed by atoms with Gasteiger partial charge in [0.1, 0.15) is 12.2 Å². The maximum Gasteiger partial charge on any atom is 0.311 e. The highest BCUT2D eigenvalue weighted by molar-refractivity contribution is 5.76. The highest BCUT2D eigenvalue weighted by Crippen LogP contribution is 2.62. The van der Waals surface area contributed by atoms with Gasteiger partial charge in [0.05, 0.1) is 10.8 Å². The standard InChI is InChI=1S/C28H40O4/c1-26(2,3)24(29)31-21-16-28(7)20(14-15-22(28)32-25(30)27(4,5)6)19-13-12-17-10-8-9-11-18(17)23(19)21/h8-11,19-23H,12-16H2,1-7H3/t19-,20-,21+,22-,23+,28-/m0/s1. The summed E-state index contributed by atoms with van der Waals surface area (Å²) in [5, 5.41) is 0. The predicted octanol–water partition coefficient (Wildman–Crippen LogP) is 6.07. The molecule has 0 saturated heterocycles. The summed E-state index contributed by atoms with van der Waals surface area (Å²) in [5.74, 6) is 0.862. The van der Waals surface area contributed by atoms with E-state index < -0.39 is 10.8 Å². The minimum Gasteiger partial charge on any atom is -0.461 e. The van der Waals surface area contributed by atoms with E-state index in [0.717, 1.165) is 32.1 Å². The number of ether oxygens (including phenoxy) is 2. The van der Waals surface area contributed by atoms with Gasteiger partial charge in [0.2, 0.25) is 0 Å². The predicted molar refractivity (Wildman–Crippen MR) is 125 cm³/mol. The van der Waals surface area contributed by atoms with Gasteiger partial charge in [-0.2, -0.15) is 0 Å². The Bertz CT molecular complexity index is 889. The van der Waals surface area contributed by atoms with Gasteiger partial charge in [-0.1, -0.05) is 31.2 Å². The topological polar surface area (TPSA) is 52.6 Å². The Morgan fingerprint density at radius 2 is 1.53 bits per heavy atom. The first-order chi connectivity index (χ1) is 14.8. The van der Waals surface area contributed by atoms with Crippen LogP contribution in [0.25, 0.3) is 0 Å². The molecule has 176 valence electrons. The maximum atomic E-state index is 13.0. The van der Waals surface area contributed by atoms with Crippen LogP contribution in [0.2, 0.25) is 0 Å². The fourth-order valence-corrected chi connectivity index (χ4v) is 6.45. The smallest absolute Gasteiger partial charge is 0.311 e. The third-order valence-electron chi connectivity index (χ3n) is 8.24. The van der Waals surface area contributed by atoms with Crippen molar-refractivity contribution in [2.45, 2.75) is 98.7 Å². The Labute approximate surface area is 193 Å². The molecular formula is C28H40O4. The van der Waals surface area contributed by atoms with Crippen molar-refractivity contribution in [1.29, 1.82) is 0 Å². The molecule has 0 radical (unpaired) electrons. The molecule has 0 heterocycles. The van der Waals surface area contributed by atoms with Gasteiger partial charge in [0.15, 0.2) is 0 Å².